The topological polar surface area (TPSA) is 27.8 Å². The highest BCUT2D eigenvalue weighted by molar-refractivity contribution is 5.94. The fraction of sp³-hybridized carbons (Fsp3) is 0.286. The number of fused-ring (bicyclic) bond motifs is 1. The highest BCUT2D eigenvalue weighted by Crippen LogP contribution is 2.39. The third kappa shape index (κ3) is 2.14. The predicted octanol–water partition coefficient (Wildman–Crippen LogP) is 3.56. The van der Waals surface area contributed by atoms with Crippen LogP contribution in [0.3, 0.4) is 0 Å². The standard InChI is InChI=1S/C14H13F3N2/c15-14(16,17)13-12(9-5-7-18-8-6-9)10-3-1-2-4-11(10)19-13/h1-5,18-19H,6-8H2. The van der Waals surface area contributed by atoms with Crippen molar-refractivity contribution in [2.75, 3.05) is 13.1 Å². The van der Waals surface area contributed by atoms with Gasteiger partial charge in [0.1, 0.15) is 5.69 Å². The first-order valence-corrected chi connectivity index (χ1v) is 6.15. The zero-order valence-electron chi connectivity index (χ0n) is 10.1. The molecular weight excluding hydrogens is 253 g/mol. The van der Waals surface area contributed by atoms with Crippen LogP contribution in [0.2, 0.25) is 0 Å². The molecule has 0 atom stereocenters. The van der Waals surface area contributed by atoms with Crippen LogP contribution < -0.4 is 5.32 Å². The SMILES string of the molecule is FC(F)(F)c1[nH]c2ccccc2c1C1=CCNCC1. The van der Waals surface area contributed by atoms with Gasteiger partial charge < -0.3 is 10.3 Å². The molecule has 19 heavy (non-hydrogen) atoms. The van der Waals surface area contributed by atoms with E-state index in [0.717, 1.165) is 5.57 Å². The average Bonchev–Trinajstić information content (AvgIpc) is 2.79. The highest BCUT2D eigenvalue weighted by atomic mass is 19.4. The third-order valence-electron chi connectivity index (χ3n) is 3.37. The molecule has 2 N–H and O–H groups in total. The molecule has 1 aromatic heterocycles. The molecule has 0 radical (unpaired) electrons. The van der Waals surface area contributed by atoms with Gasteiger partial charge in [0.2, 0.25) is 0 Å². The summed E-state index contributed by atoms with van der Waals surface area (Å²) < 4.78 is 39.5. The lowest BCUT2D eigenvalue weighted by Crippen LogP contribution is -2.21. The van der Waals surface area contributed by atoms with Crippen LogP contribution in [-0.2, 0) is 6.18 Å². The summed E-state index contributed by atoms with van der Waals surface area (Å²) in [6.45, 7) is 1.33. The monoisotopic (exact) mass is 266 g/mol. The van der Waals surface area contributed by atoms with Crippen molar-refractivity contribution in [3.8, 4) is 0 Å². The van der Waals surface area contributed by atoms with Gasteiger partial charge in [-0.1, -0.05) is 24.3 Å². The van der Waals surface area contributed by atoms with E-state index in [4.69, 9.17) is 0 Å². The molecule has 0 unspecified atom stereocenters. The van der Waals surface area contributed by atoms with Gasteiger partial charge in [-0.2, -0.15) is 13.2 Å². The number of nitrogens with one attached hydrogen (secondary N) is 2. The van der Waals surface area contributed by atoms with Crippen LogP contribution in [0.25, 0.3) is 16.5 Å². The summed E-state index contributed by atoms with van der Waals surface area (Å²) in [5.41, 5.74) is 0.972. The number of aromatic amines is 1. The van der Waals surface area contributed by atoms with Gasteiger partial charge in [0, 0.05) is 23.0 Å². The highest BCUT2D eigenvalue weighted by Gasteiger charge is 2.37. The average molecular weight is 266 g/mol. The lowest BCUT2D eigenvalue weighted by Gasteiger charge is -2.16. The molecule has 0 amide bonds. The summed E-state index contributed by atoms with van der Waals surface area (Å²) in [4.78, 5) is 2.52. The molecule has 2 heterocycles. The molecule has 0 bridgehead atoms. The first kappa shape index (κ1) is 12.3. The molecule has 0 aliphatic carbocycles. The number of H-pyrrole nitrogens is 1. The van der Waals surface area contributed by atoms with Crippen LogP contribution in [0.15, 0.2) is 30.3 Å². The van der Waals surface area contributed by atoms with Gasteiger partial charge >= 0.3 is 6.18 Å². The Morgan fingerprint density at radius 1 is 1.11 bits per heavy atom. The summed E-state index contributed by atoms with van der Waals surface area (Å²) in [5.74, 6) is 0. The fourth-order valence-electron chi connectivity index (χ4n) is 2.54. The molecule has 1 aliphatic rings. The van der Waals surface area contributed by atoms with E-state index < -0.39 is 11.9 Å². The minimum Gasteiger partial charge on any atom is -0.350 e. The number of aromatic nitrogens is 1. The zero-order valence-corrected chi connectivity index (χ0v) is 10.1. The molecule has 0 spiro atoms. The van der Waals surface area contributed by atoms with Gasteiger partial charge in [-0.05, 0) is 24.6 Å². The van der Waals surface area contributed by atoms with E-state index in [-0.39, 0.29) is 0 Å². The zero-order chi connectivity index (χ0) is 13.5. The summed E-state index contributed by atoms with van der Waals surface area (Å²) in [6.07, 6.45) is -1.90. The van der Waals surface area contributed by atoms with Gasteiger partial charge in [-0.25, -0.2) is 0 Å². The van der Waals surface area contributed by atoms with Gasteiger partial charge in [-0.3, -0.25) is 0 Å². The maximum Gasteiger partial charge on any atom is 0.431 e. The van der Waals surface area contributed by atoms with Gasteiger partial charge in [0.05, 0.1) is 0 Å². The third-order valence-corrected chi connectivity index (χ3v) is 3.37. The van der Waals surface area contributed by atoms with Gasteiger partial charge in [-0.15, -0.1) is 0 Å². The maximum absolute atomic E-state index is 13.2. The molecular formula is C14H13F3N2. The van der Waals surface area contributed by atoms with Crippen molar-refractivity contribution in [2.24, 2.45) is 0 Å². The molecule has 1 aromatic carbocycles. The first-order chi connectivity index (χ1) is 9.07. The fourth-order valence-corrected chi connectivity index (χ4v) is 2.54. The molecule has 3 rings (SSSR count). The molecule has 2 nitrogen and oxygen atoms in total. The Kier molecular flexibility index (Phi) is 2.86. The van der Waals surface area contributed by atoms with E-state index >= 15 is 0 Å². The Balaban J connectivity index is 2.27. The van der Waals surface area contributed by atoms with E-state index in [1.165, 1.54) is 0 Å². The first-order valence-electron chi connectivity index (χ1n) is 6.15. The normalized spacial score (nSPS) is 16.7. The van der Waals surface area contributed by atoms with Crippen molar-refractivity contribution < 1.29 is 13.2 Å². The second kappa shape index (κ2) is 4.42. The van der Waals surface area contributed by atoms with Crippen molar-refractivity contribution in [1.29, 1.82) is 0 Å². The maximum atomic E-state index is 13.2. The van der Waals surface area contributed by atoms with Crippen LogP contribution in [0, 0.1) is 0 Å². The predicted molar refractivity (Wildman–Crippen MR) is 68.8 cm³/mol. The van der Waals surface area contributed by atoms with Crippen LogP contribution in [0.5, 0.6) is 0 Å². The Morgan fingerprint density at radius 2 is 1.89 bits per heavy atom. The Bertz CT molecular complexity index is 638. The minimum atomic E-state index is -4.36. The number of para-hydroxylation sites is 1. The number of alkyl halides is 3. The molecule has 0 saturated heterocycles. The van der Waals surface area contributed by atoms with Crippen LogP contribution >= 0.6 is 0 Å². The van der Waals surface area contributed by atoms with Crippen molar-refractivity contribution in [3.05, 3.63) is 41.6 Å². The summed E-state index contributed by atoms with van der Waals surface area (Å²) in [5, 5.41) is 3.76. The van der Waals surface area contributed by atoms with Gasteiger partial charge in [0.25, 0.3) is 0 Å². The quantitative estimate of drug-likeness (QED) is 0.811. The molecule has 100 valence electrons. The summed E-state index contributed by atoms with van der Waals surface area (Å²) in [7, 11) is 0. The Labute approximate surface area is 108 Å². The van der Waals surface area contributed by atoms with Crippen LogP contribution in [0.1, 0.15) is 17.7 Å². The summed E-state index contributed by atoms with van der Waals surface area (Å²) in [6, 6.07) is 6.91. The number of hydrogen-bond acceptors (Lipinski definition) is 1. The van der Waals surface area contributed by atoms with Crippen molar-refractivity contribution in [3.63, 3.8) is 0 Å². The minimum absolute atomic E-state index is 0.310. The van der Waals surface area contributed by atoms with Crippen molar-refractivity contribution in [1.82, 2.24) is 10.3 Å². The molecule has 0 fully saturated rings. The van der Waals surface area contributed by atoms with E-state index in [1.54, 1.807) is 24.3 Å². The Morgan fingerprint density at radius 3 is 2.58 bits per heavy atom. The van der Waals surface area contributed by atoms with Crippen molar-refractivity contribution >= 4 is 16.5 Å². The van der Waals surface area contributed by atoms with E-state index in [1.807, 2.05) is 6.08 Å². The molecule has 5 heteroatoms. The van der Waals surface area contributed by atoms with Crippen molar-refractivity contribution in [2.45, 2.75) is 12.6 Å². The lowest BCUT2D eigenvalue weighted by atomic mass is 9.97. The molecule has 1 aliphatic heterocycles. The molecule has 2 aromatic rings. The Hall–Kier alpha value is -1.75. The second-order valence-electron chi connectivity index (χ2n) is 4.60. The number of halogens is 3. The van der Waals surface area contributed by atoms with Gasteiger partial charge in [0.15, 0.2) is 0 Å². The smallest absolute Gasteiger partial charge is 0.350 e. The van der Waals surface area contributed by atoms with E-state index in [0.29, 0.717) is 36.0 Å². The van der Waals surface area contributed by atoms with E-state index in [9.17, 15) is 13.2 Å². The van der Waals surface area contributed by atoms with Crippen LogP contribution in [0.4, 0.5) is 13.2 Å². The number of rotatable bonds is 1. The number of benzene rings is 1. The molecule has 0 saturated carbocycles. The number of hydrogen-bond donors (Lipinski definition) is 2. The van der Waals surface area contributed by atoms with E-state index in [2.05, 4.69) is 10.3 Å². The summed E-state index contributed by atoms with van der Waals surface area (Å²) >= 11 is 0. The largest absolute Gasteiger partial charge is 0.431 e. The van der Waals surface area contributed by atoms with Crippen LogP contribution in [-0.4, -0.2) is 18.1 Å². The lowest BCUT2D eigenvalue weighted by molar-refractivity contribution is -0.140. The second-order valence-corrected chi connectivity index (χ2v) is 4.60.